The van der Waals surface area contributed by atoms with Crippen LogP contribution in [-0.2, 0) is 10.0 Å². The molecule has 0 spiro atoms. The Labute approximate surface area is 186 Å². The van der Waals surface area contributed by atoms with E-state index in [0.29, 0.717) is 16.5 Å². The summed E-state index contributed by atoms with van der Waals surface area (Å²) in [6, 6.07) is 11.9. The number of benzene rings is 3. The van der Waals surface area contributed by atoms with Gasteiger partial charge in [0, 0.05) is 11.1 Å². The maximum Gasteiger partial charge on any atom is 0.262 e. The lowest BCUT2D eigenvalue weighted by molar-refractivity contribution is 0.102. The highest BCUT2D eigenvalue weighted by molar-refractivity contribution is 7.92. The van der Waals surface area contributed by atoms with E-state index in [1.165, 1.54) is 30.3 Å². The molecule has 3 aromatic carbocycles. The first-order valence-electron chi connectivity index (χ1n) is 8.71. The number of rotatable bonds is 5. The van der Waals surface area contributed by atoms with Crippen molar-refractivity contribution in [2.75, 3.05) is 16.8 Å². The fourth-order valence-electron chi connectivity index (χ4n) is 2.80. The predicted molar refractivity (Wildman–Crippen MR) is 114 cm³/mol. The SMILES string of the molecule is O=C(Nc1ccc(S(=O)(=O)Nc2ccc3c(c2)OCO3)cc1F)c1ccc(Cl)cc1Cl. The minimum Gasteiger partial charge on any atom is -0.454 e. The van der Waals surface area contributed by atoms with Gasteiger partial charge in [-0.25, -0.2) is 12.8 Å². The third-order valence-electron chi connectivity index (χ3n) is 4.30. The molecule has 0 aromatic heterocycles. The average Bonchev–Trinajstić information content (AvgIpc) is 3.16. The monoisotopic (exact) mass is 482 g/mol. The number of hydrogen-bond donors (Lipinski definition) is 2. The second kappa shape index (κ2) is 8.26. The fraction of sp³-hybridized carbons (Fsp3) is 0.0500. The quantitative estimate of drug-likeness (QED) is 0.538. The summed E-state index contributed by atoms with van der Waals surface area (Å²) >= 11 is 11.8. The summed E-state index contributed by atoms with van der Waals surface area (Å²) in [5.74, 6) is -0.721. The standard InChI is InChI=1S/C20H13Cl2FN2O5S/c21-11-1-4-14(15(22)7-11)20(26)24-17-5-3-13(9-16(17)23)31(27,28)25-12-2-6-18-19(8-12)30-10-29-18/h1-9,25H,10H2,(H,24,26). The minimum absolute atomic E-state index is 0.0468. The molecular formula is C20H13Cl2FN2O5S. The number of ether oxygens (including phenoxy) is 2. The molecule has 31 heavy (non-hydrogen) atoms. The van der Waals surface area contributed by atoms with Crippen molar-refractivity contribution in [3.05, 3.63) is 76.0 Å². The lowest BCUT2D eigenvalue weighted by Gasteiger charge is -2.11. The molecule has 3 aromatic rings. The second-order valence-corrected chi connectivity index (χ2v) is 8.92. The van der Waals surface area contributed by atoms with Crippen LogP contribution in [0.25, 0.3) is 0 Å². The summed E-state index contributed by atoms with van der Waals surface area (Å²) in [7, 11) is -4.10. The third-order valence-corrected chi connectivity index (χ3v) is 6.23. The molecule has 1 aliphatic rings. The van der Waals surface area contributed by atoms with E-state index in [1.807, 2.05) is 0 Å². The highest BCUT2D eigenvalue weighted by atomic mass is 35.5. The van der Waals surface area contributed by atoms with E-state index in [4.69, 9.17) is 32.7 Å². The topological polar surface area (TPSA) is 93.7 Å². The molecule has 1 heterocycles. The Balaban J connectivity index is 1.53. The van der Waals surface area contributed by atoms with E-state index in [2.05, 4.69) is 10.0 Å². The van der Waals surface area contributed by atoms with E-state index >= 15 is 0 Å². The molecule has 0 bridgehead atoms. The summed E-state index contributed by atoms with van der Waals surface area (Å²) in [4.78, 5) is 12.0. The number of carbonyl (C=O) groups is 1. The van der Waals surface area contributed by atoms with Gasteiger partial charge in [-0.3, -0.25) is 9.52 Å². The second-order valence-electron chi connectivity index (χ2n) is 6.39. The molecule has 0 fully saturated rings. The van der Waals surface area contributed by atoms with E-state index in [-0.39, 0.29) is 33.6 Å². The van der Waals surface area contributed by atoms with E-state index in [0.717, 1.165) is 18.2 Å². The first kappa shape index (κ1) is 21.2. The Morgan fingerprint density at radius 3 is 2.48 bits per heavy atom. The Bertz CT molecular complexity index is 1300. The maximum absolute atomic E-state index is 14.5. The van der Waals surface area contributed by atoms with Gasteiger partial charge in [0.1, 0.15) is 5.82 Å². The van der Waals surface area contributed by atoms with Gasteiger partial charge < -0.3 is 14.8 Å². The molecule has 4 rings (SSSR count). The molecule has 0 saturated carbocycles. The highest BCUT2D eigenvalue weighted by Gasteiger charge is 2.20. The first-order chi connectivity index (χ1) is 14.7. The van der Waals surface area contributed by atoms with Gasteiger partial charge >= 0.3 is 0 Å². The zero-order chi connectivity index (χ0) is 22.2. The minimum atomic E-state index is -4.10. The summed E-state index contributed by atoms with van der Waals surface area (Å²) in [6.07, 6.45) is 0. The normalized spacial score (nSPS) is 12.5. The summed E-state index contributed by atoms with van der Waals surface area (Å²) in [5.41, 5.74) is 0.101. The molecule has 0 radical (unpaired) electrons. The molecule has 0 aliphatic carbocycles. The van der Waals surface area contributed by atoms with Crippen molar-refractivity contribution in [2.45, 2.75) is 4.90 Å². The number of nitrogens with one attached hydrogen (secondary N) is 2. The van der Waals surface area contributed by atoms with Gasteiger partial charge in [-0.1, -0.05) is 23.2 Å². The van der Waals surface area contributed by atoms with Crippen molar-refractivity contribution in [1.29, 1.82) is 0 Å². The number of amides is 1. The summed E-state index contributed by atoms with van der Waals surface area (Å²) in [5, 5.41) is 2.80. The Hall–Kier alpha value is -3.01. The zero-order valence-corrected chi connectivity index (χ0v) is 17.8. The number of sulfonamides is 1. The highest BCUT2D eigenvalue weighted by Crippen LogP contribution is 2.35. The predicted octanol–water partition coefficient (Wildman–Crippen LogP) is 4.91. The van der Waals surface area contributed by atoms with Crippen molar-refractivity contribution < 1.29 is 27.1 Å². The lowest BCUT2D eigenvalue weighted by atomic mass is 10.2. The van der Waals surface area contributed by atoms with Gasteiger partial charge in [0.15, 0.2) is 11.5 Å². The van der Waals surface area contributed by atoms with Crippen LogP contribution in [0.4, 0.5) is 15.8 Å². The number of carbonyl (C=O) groups excluding carboxylic acids is 1. The smallest absolute Gasteiger partial charge is 0.262 e. The number of fused-ring (bicyclic) bond motifs is 1. The van der Waals surface area contributed by atoms with Crippen LogP contribution in [0.2, 0.25) is 10.0 Å². The van der Waals surface area contributed by atoms with Crippen LogP contribution < -0.4 is 19.5 Å². The summed E-state index contributed by atoms with van der Waals surface area (Å²) in [6.45, 7) is 0.0468. The van der Waals surface area contributed by atoms with Crippen LogP contribution in [0.1, 0.15) is 10.4 Å². The average molecular weight is 483 g/mol. The molecule has 7 nitrogen and oxygen atoms in total. The van der Waals surface area contributed by atoms with Gasteiger partial charge in [-0.2, -0.15) is 0 Å². The van der Waals surface area contributed by atoms with Crippen LogP contribution >= 0.6 is 23.2 Å². The van der Waals surface area contributed by atoms with Crippen molar-refractivity contribution in [3.8, 4) is 11.5 Å². The Kier molecular flexibility index (Phi) is 5.65. The molecule has 0 unspecified atom stereocenters. The maximum atomic E-state index is 14.5. The van der Waals surface area contributed by atoms with Crippen LogP contribution in [0, 0.1) is 5.82 Å². The Morgan fingerprint density at radius 2 is 1.74 bits per heavy atom. The molecular weight excluding hydrogens is 470 g/mol. The van der Waals surface area contributed by atoms with E-state index in [1.54, 1.807) is 6.07 Å². The largest absolute Gasteiger partial charge is 0.454 e. The molecule has 11 heteroatoms. The molecule has 1 aliphatic heterocycles. The zero-order valence-electron chi connectivity index (χ0n) is 15.5. The lowest BCUT2D eigenvalue weighted by Crippen LogP contribution is -2.15. The number of halogens is 3. The number of anilines is 2. The van der Waals surface area contributed by atoms with E-state index < -0.39 is 21.7 Å². The molecule has 1 amide bonds. The molecule has 160 valence electrons. The molecule has 2 N–H and O–H groups in total. The van der Waals surface area contributed by atoms with Crippen molar-refractivity contribution in [1.82, 2.24) is 0 Å². The van der Waals surface area contributed by atoms with Gasteiger partial charge in [-0.15, -0.1) is 0 Å². The van der Waals surface area contributed by atoms with Crippen molar-refractivity contribution in [2.24, 2.45) is 0 Å². The number of hydrogen-bond acceptors (Lipinski definition) is 5. The van der Waals surface area contributed by atoms with Crippen molar-refractivity contribution >= 4 is 50.5 Å². The van der Waals surface area contributed by atoms with Crippen LogP contribution in [-0.4, -0.2) is 21.1 Å². The van der Waals surface area contributed by atoms with Crippen molar-refractivity contribution in [3.63, 3.8) is 0 Å². The third kappa shape index (κ3) is 4.53. The molecule has 0 atom stereocenters. The van der Waals surface area contributed by atoms with Crippen LogP contribution in [0.5, 0.6) is 11.5 Å². The van der Waals surface area contributed by atoms with Crippen LogP contribution in [0.3, 0.4) is 0 Å². The van der Waals surface area contributed by atoms with Gasteiger partial charge in [0.05, 0.1) is 26.9 Å². The fourth-order valence-corrected chi connectivity index (χ4v) is 4.36. The van der Waals surface area contributed by atoms with E-state index in [9.17, 15) is 17.6 Å². The van der Waals surface area contributed by atoms with Gasteiger partial charge in [0.25, 0.3) is 15.9 Å². The Morgan fingerprint density at radius 1 is 0.968 bits per heavy atom. The van der Waals surface area contributed by atoms with Gasteiger partial charge in [0.2, 0.25) is 6.79 Å². The summed E-state index contributed by atoms with van der Waals surface area (Å²) < 4.78 is 52.5. The molecule has 0 saturated heterocycles. The van der Waals surface area contributed by atoms with Crippen LogP contribution in [0.15, 0.2) is 59.5 Å². The first-order valence-corrected chi connectivity index (χ1v) is 11.0. The van der Waals surface area contributed by atoms with Gasteiger partial charge in [-0.05, 0) is 48.5 Å².